The minimum atomic E-state index is -0.734. The standard InChI is InChI=1S/C9H22N2O3/c1-5-10(7(2)12)6-11(8(3)13)9(4)14/h7-9,12-14H,5-6H2,1-4H3. The first-order valence-corrected chi connectivity index (χ1v) is 4.94. The van der Waals surface area contributed by atoms with Gasteiger partial charge in [0.15, 0.2) is 0 Å². The fraction of sp³-hybridized carbons (Fsp3) is 1.00. The lowest BCUT2D eigenvalue weighted by atomic mass is 10.4. The van der Waals surface area contributed by atoms with Crippen LogP contribution in [0.25, 0.3) is 0 Å². The molecular weight excluding hydrogens is 184 g/mol. The van der Waals surface area contributed by atoms with Crippen LogP contribution in [-0.4, -0.2) is 57.0 Å². The zero-order valence-electron chi connectivity index (χ0n) is 9.38. The molecule has 0 radical (unpaired) electrons. The van der Waals surface area contributed by atoms with E-state index in [1.165, 1.54) is 4.90 Å². The van der Waals surface area contributed by atoms with Crippen LogP contribution in [-0.2, 0) is 0 Å². The Morgan fingerprint density at radius 2 is 1.36 bits per heavy atom. The number of nitrogens with zero attached hydrogens (tertiary/aromatic N) is 2. The van der Waals surface area contributed by atoms with Gasteiger partial charge in [-0.05, 0) is 27.3 Å². The molecule has 0 aromatic carbocycles. The Morgan fingerprint density at radius 3 is 1.57 bits per heavy atom. The summed E-state index contributed by atoms with van der Waals surface area (Å²) < 4.78 is 0. The largest absolute Gasteiger partial charge is 0.379 e. The molecule has 14 heavy (non-hydrogen) atoms. The van der Waals surface area contributed by atoms with Gasteiger partial charge in [0.1, 0.15) is 18.7 Å². The lowest BCUT2D eigenvalue weighted by molar-refractivity contribution is -0.129. The van der Waals surface area contributed by atoms with Crippen LogP contribution in [0, 0.1) is 0 Å². The number of aliphatic hydroxyl groups is 3. The van der Waals surface area contributed by atoms with E-state index in [0.717, 1.165) is 0 Å². The summed E-state index contributed by atoms with van der Waals surface area (Å²) in [5, 5.41) is 28.1. The van der Waals surface area contributed by atoms with Crippen molar-refractivity contribution in [1.82, 2.24) is 9.80 Å². The minimum Gasteiger partial charge on any atom is -0.379 e. The molecule has 0 aliphatic carbocycles. The molecule has 5 nitrogen and oxygen atoms in total. The molecule has 0 saturated carbocycles. The highest BCUT2D eigenvalue weighted by molar-refractivity contribution is 4.61. The molecule has 0 spiro atoms. The number of hydrogen-bond acceptors (Lipinski definition) is 5. The summed E-state index contributed by atoms with van der Waals surface area (Å²) in [7, 11) is 0. The molecular formula is C9H22N2O3. The third kappa shape index (κ3) is 4.34. The first kappa shape index (κ1) is 13.8. The maximum Gasteiger partial charge on any atom is 0.107 e. The molecule has 86 valence electrons. The molecule has 0 aromatic rings. The number of aliphatic hydroxyl groups excluding tert-OH is 3. The van der Waals surface area contributed by atoms with E-state index < -0.39 is 18.7 Å². The molecule has 0 saturated heterocycles. The van der Waals surface area contributed by atoms with Crippen molar-refractivity contribution in [2.45, 2.75) is 46.4 Å². The van der Waals surface area contributed by atoms with E-state index in [2.05, 4.69) is 0 Å². The van der Waals surface area contributed by atoms with Crippen LogP contribution < -0.4 is 0 Å². The highest BCUT2D eigenvalue weighted by Gasteiger charge is 2.20. The number of rotatable bonds is 6. The maximum absolute atomic E-state index is 9.37. The van der Waals surface area contributed by atoms with Gasteiger partial charge in [-0.15, -0.1) is 0 Å². The molecule has 0 aliphatic heterocycles. The van der Waals surface area contributed by atoms with Crippen LogP contribution in [0.1, 0.15) is 27.7 Å². The van der Waals surface area contributed by atoms with E-state index in [0.29, 0.717) is 13.2 Å². The normalized spacial score (nSPS) is 18.6. The SMILES string of the molecule is CCN(CN(C(C)O)C(C)O)C(C)O. The van der Waals surface area contributed by atoms with Crippen LogP contribution in [0.5, 0.6) is 0 Å². The third-order valence-electron chi connectivity index (χ3n) is 2.24. The predicted molar refractivity (Wildman–Crippen MR) is 54.1 cm³/mol. The molecule has 3 atom stereocenters. The van der Waals surface area contributed by atoms with E-state index in [-0.39, 0.29) is 0 Å². The summed E-state index contributed by atoms with van der Waals surface area (Å²) in [6.07, 6.45) is -2.05. The highest BCUT2D eigenvalue weighted by Crippen LogP contribution is 2.05. The summed E-state index contributed by atoms with van der Waals surface area (Å²) in [5.74, 6) is 0. The van der Waals surface area contributed by atoms with Gasteiger partial charge in [0.2, 0.25) is 0 Å². The average Bonchev–Trinajstić information content (AvgIpc) is 2.03. The molecule has 3 N–H and O–H groups in total. The highest BCUT2D eigenvalue weighted by atomic mass is 16.3. The molecule has 0 heterocycles. The Labute approximate surface area is 85.6 Å². The summed E-state index contributed by atoms with van der Waals surface area (Å²) in [4.78, 5) is 3.22. The molecule has 0 aromatic heterocycles. The van der Waals surface area contributed by atoms with Gasteiger partial charge in [0, 0.05) is 0 Å². The second-order valence-electron chi connectivity index (χ2n) is 3.46. The van der Waals surface area contributed by atoms with Crippen molar-refractivity contribution in [2.75, 3.05) is 13.2 Å². The van der Waals surface area contributed by atoms with Gasteiger partial charge in [-0.2, -0.15) is 0 Å². The first-order chi connectivity index (χ1) is 6.40. The monoisotopic (exact) mass is 206 g/mol. The Hall–Kier alpha value is -0.200. The van der Waals surface area contributed by atoms with Gasteiger partial charge in [0.25, 0.3) is 0 Å². The van der Waals surface area contributed by atoms with Crippen molar-refractivity contribution < 1.29 is 15.3 Å². The van der Waals surface area contributed by atoms with Crippen LogP contribution in [0.2, 0.25) is 0 Å². The van der Waals surface area contributed by atoms with E-state index >= 15 is 0 Å². The van der Waals surface area contributed by atoms with E-state index in [1.54, 1.807) is 25.7 Å². The average molecular weight is 206 g/mol. The van der Waals surface area contributed by atoms with Crippen molar-refractivity contribution in [3.8, 4) is 0 Å². The fourth-order valence-electron chi connectivity index (χ4n) is 1.24. The lowest BCUT2D eigenvalue weighted by Crippen LogP contribution is -2.49. The van der Waals surface area contributed by atoms with Crippen LogP contribution in [0.15, 0.2) is 0 Å². The van der Waals surface area contributed by atoms with Gasteiger partial charge in [-0.1, -0.05) is 6.92 Å². The molecule has 0 bridgehead atoms. The Morgan fingerprint density at radius 1 is 0.929 bits per heavy atom. The second kappa shape index (κ2) is 6.31. The zero-order valence-corrected chi connectivity index (χ0v) is 9.38. The molecule has 0 aliphatic rings. The van der Waals surface area contributed by atoms with Gasteiger partial charge in [0.05, 0.1) is 6.67 Å². The van der Waals surface area contributed by atoms with Crippen molar-refractivity contribution in [3.63, 3.8) is 0 Å². The molecule has 0 rings (SSSR count). The van der Waals surface area contributed by atoms with E-state index in [1.807, 2.05) is 6.92 Å². The topological polar surface area (TPSA) is 67.2 Å². The van der Waals surface area contributed by atoms with Gasteiger partial charge in [-0.25, -0.2) is 4.90 Å². The molecule has 3 unspecified atom stereocenters. The van der Waals surface area contributed by atoms with Crippen molar-refractivity contribution in [1.29, 1.82) is 0 Å². The van der Waals surface area contributed by atoms with E-state index in [9.17, 15) is 15.3 Å². The second-order valence-corrected chi connectivity index (χ2v) is 3.46. The molecule has 5 heteroatoms. The summed E-state index contributed by atoms with van der Waals surface area (Å²) >= 11 is 0. The maximum atomic E-state index is 9.37. The third-order valence-corrected chi connectivity index (χ3v) is 2.24. The zero-order chi connectivity index (χ0) is 11.3. The summed E-state index contributed by atoms with van der Waals surface area (Å²) in [6, 6.07) is 0. The van der Waals surface area contributed by atoms with E-state index in [4.69, 9.17) is 0 Å². The molecule has 0 fully saturated rings. The lowest BCUT2D eigenvalue weighted by Gasteiger charge is -2.34. The Balaban J connectivity index is 4.26. The Kier molecular flexibility index (Phi) is 6.22. The van der Waals surface area contributed by atoms with Crippen LogP contribution in [0.3, 0.4) is 0 Å². The number of hydrogen-bond donors (Lipinski definition) is 3. The predicted octanol–water partition coefficient (Wildman–Crippen LogP) is -0.417. The van der Waals surface area contributed by atoms with Crippen LogP contribution in [0.4, 0.5) is 0 Å². The first-order valence-electron chi connectivity index (χ1n) is 4.94. The van der Waals surface area contributed by atoms with Crippen molar-refractivity contribution >= 4 is 0 Å². The van der Waals surface area contributed by atoms with Crippen molar-refractivity contribution in [3.05, 3.63) is 0 Å². The molecule has 0 amide bonds. The fourth-order valence-corrected chi connectivity index (χ4v) is 1.24. The van der Waals surface area contributed by atoms with Gasteiger partial charge >= 0.3 is 0 Å². The summed E-state index contributed by atoms with van der Waals surface area (Å²) in [5.41, 5.74) is 0. The van der Waals surface area contributed by atoms with Crippen LogP contribution >= 0.6 is 0 Å². The van der Waals surface area contributed by atoms with Gasteiger partial charge < -0.3 is 15.3 Å². The van der Waals surface area contributed by atoms with Crippen molar-refractivity contribution in [2.24, 2.45) is 0 Å². The summed E-state index contributed by atoms with van der Waals surface area (Å²) in [6.45, 7) is 7.74. The smallest absolute Gasteiger partial charge is 0.107 e. The van der Waals surface area contributed by atoms with Gasteiger partial charge in [-0.3, -0.25) is 4.90 Å². The minimum absolute atomic E-state index is 0.337. The Bertz CT molecular complexity index is 143. The quantitative estimate of drug-likeness (QED) is 0.515.